The maximum absolute atomic E-state index is 9.47. The van der Waals surface area contributed by atoms with Crippen LogP contribution in [0.1, 0.15) is 20.3 Å². The zero-order chi connectivity index (χ0) is 8.27. The van der Waals surface area contributed by atoms with Crippen LogP contribution in [0.5, 0.6) is 0 Å². The van der Waals surface area contributed by atoms with E-state index in [1.807, 2.05) is 18.2 Å². The van der Waals surface area contributed by atoms with Gasteiger partial charge in [-0.2, -0.15) is 0 Å². The molecule has 0 aromatic rings. The Morgan fingerprint density at radius 2 is 2.27 bits per heavy atom. The lowest BCUT2D eigenvalue weighted by Crippen LogP contribution is -2.08. The number of aliphatic hydroxyl groups is 1. The van der Waals surface area contributed by atoms with E-state index in [4.69, 9.17) is 0 Å². The molecule has 1 aliphatic carbocycles. The first-order valence-electron chi connectivity index (χ1n) is 3.98. The number of rotatable bonds is 1. The van der Waals surface area contributed by atoms with Crippen molar-refractivity contribution >= 4 is 0 Å². The van der Waals surface area contributed by atoms with Gasteiger partial charge in [0.1, 0.15) is 0 Å². The number of aliphatic hydroxyl groups excluding tert-OH is 1. The number of allylic oxidation sites excluding steroid dienone is 3. The first-order valence-corrected chi connectivity index (χ1v) is 3.98. The maximum atomic E-state index is 9.47. The molecule has 1 unspecified atom stereocenters. The molecule has 0 saturated heterocycles. The molecule has 0 aliphatic heterocycles. The highest BCUT2D eigenvalue weighted by Crippen LogP contribution is 2.17. The third-order valence-corrected chi connectivity index (χ3v) is 2.02. The Hall–Kier alpha value is -0.820. The van der Waals surface area contributed by atoms with E-state index in [1.165, 1.54) is 5.57 Å². The molecule has 0 heterocycles. The molecule has 0 aromatic carbocycles. The van der Waals surface area contributed by atoms with Crippen molar-refractivity contribution in [2.24, 2.45) is 0 Å². The van der Waals surface area contributed by atoms with Crippen LogP contribution in [0.2, 0.25) is 0 Å². The fourth-order valence-corrected chi connectivity index (χ4v) is 1.13. The third kappa shape index (κ3) is 1.81. The second kappa shape index (κ2) is 3.54. The highest BCUT2D eigenvalue weighted by molar-refractivity contribution is 5.37. The summed E-state index contributed by atoms with van der Waals surface area (Å²) in [7, 11) is 0. The summed E-state index contributed by atoms with van der Waals surface area (Å²) in [5, 5.41) is 9.47. The molecule has 0 amide bonds. The standard InChI is InChI=1S/C10H14O/c1-3-8(2)9-6-4-5-7-10(9)11/h4-7,10-11H,3H2,1-2H3. The van der Waals surface area contributed by atoms with E-state index in [-0.39, 0.29) is 6.10 Å². The Balaban J connectivity index is 2.88. The van der Waals surface area contributed by atoms with Gasteiger partial charge in [-0.25, -0.2) is 0 Å². The van der Waals surface area contributed by atoms with Crippen LogP contribution in [0.25, 0.3) is 0 Å². The van der Waals surface area contributed by atoms with Gasteiger partial charge in [0.05, 0.1) is 6.10 Å². The van der Waals surface area contributed by atoms with Crippen molar-refractivity contribution < 1.29 is 5.11 Å². The predicted octanol–water partition coefficient (Wildman–Crippen LogP) is 2.20. The summed E-state index contributed by atoms with van der Waals surface area (Å²) in [6.07, 6.45) is 8.22. The zero-order valence-corrected chi connectivity index (χ0v) is 7.04. The van der Waals surface area contributed by atoms with Gasteiger partial charge in [0, 0.05) is 0 Å². The maximum Gasteiger partial charge on any atom is 0.0974 e. The first kappa shape index (κ1) is 8.28. The predicted molar refractivity (Wildman–Crippen MR) is 47.3 cm³/mol. The van der Waals surface area contributed by atoms with Gasteiger partial charge in [-0.3, -0.25) is 0 Å². The van der Waals surface area contributed by atoms with Crippen LogP contribution >= 0.6 is 0 Å². The summed E-state index contributed by atoms with van der Waals surface area (Å²) in [6.45, 7) is 4.16. The van der Waals surface area contributed by atoms with Crippen molar-refractivity contribution in [1.29, 1.82) is 0 Å². The van der Waals surface area contributed by atoms with Crippen LogP contribution in [0.15, 0.2) is 35.5 Å². The van der Waals surface area contributed by atoms with E-state index in [0.717, 1.165) is 12.0 Å². The summed E-state index contributed by atoms with van der Waals surface area (Å²) in [5.41, 5.74) is 2.31. The zero-order valence-electron chi connectivity index (χ0n) is 7.04. The van der Waals surface area contributed by atoms with Gasteiger partial charge in [-0.1, -0.05) is 36.8 Å². The third-order valence-electron chi connectivity index (χ3n) is 2.02. The molecule has 60 valence electrons. The fourth-order valence-electron chi connectivity index (χ4n) is 1.13. The quantitative estimate of drug-likeness (QED) is 0.607. The minimum absolute atomic E-state index is 0.389. The van der Waals surface area contributed by atoms with E-state index in [2.05, 4.69) is 13.8 Å². The second-order valence-electron chi connectivity index (χ2n) is 2.78. The van der Waals surface area contributed by atoms with E-state index < -0.39 is 0 Å². The summed E-state index contributed by atoms with van der Waals surface area (Å²) in [6, 6.07) is 0. The minimum atomic E-state index is -0.389. The molecule has 0 spiro atoms. The average Bonchev–Trinajstić information content (AvgIpc) is 2.04. The lowest BCUT2D eigenvalue weighted by molar-refractivity contribution is 0.260. The topological polar surface area (TPSA) is 20.2 Å². The molecule has 0 saturated carbocycles. The fraction of sp³-hybridized carbons (Fsp3) is 0.400. The first-order chi connectivity index (χ1) is 5.25. The highest BCUT2D eigenvalue weighted by atomic mass is 16.3. The van der Waals surface area contributed by atoms with Gasteiger partial charge >= 0.3 is 0 Å². The van der Waals surface area contributed by atoms with Gasteiger partial charge in [0.2, 0.25) is 0 Å². The second-order valence-corrected chi connectivity index (χ2v) is 2.78. The smallest absolute Gasteiger partial charge is 0.0974 e. The van der Waals surface area contributed by atoms with Gasteiger partial charge in [0.15, 0.2) is 0 Å². The largest absolute Gasteiger partial charge is 0.384 e. The SMILES string of the molecule is CCC(C)=C1C=CC=CC1O. The minimum Gasteiger partial charge on any atom is -0.384 e. The molecule has 1 atom stereocenters. The van der Waals surface area contributed by atoms with Crippen molar-refractivity contribution in [1.82, 2.24) is 0 Å². The Morgan fingerprint density at radius 3 is 2.82 bits per heavy atom. The average molecular weight is 150 g/mol. The van der Waals surface area contributed by atoms with Gasteiger partial charge in [0.25, 0.3) is 0 Å². The summed E-state index contributed by atoms with van der Waals surface area (Å²) < 4.78 is 0. The highest BCUT2D eigenvalue weighted by Gasteiger charge is 2.08. The van der Waals surface area contributed by atoms with Crippen LogP contribution < -0.4 is 0 Å². The van der Waals surface area contributed by atoms with Crippen molar-refractivity contribution in [3.8, 4) is 0 Å². The van der Waals surface area contributed by atoms with Crippen molar-refractivity contribution in [2.75, 3.05) is 0 Å². The van der Waals surface area contributed by atoms with Crippen molar-refractivity contribution in [3.05, 3.63) is 35.5 Å². The number of hydrogen-bond acceptors (Lipinski definition) is 1. The van der Waals surface area contributed by atoms with Crippen LogP contribution in [-0.4, -0.2) is 11.2 Å². The van der Waals surface area contributed by atoms with Crippen molar-refractivity contribution in [3.63, 3.8) is 0 Å². The summed E-state index contributed by atoms with van der Waals surface area (Å²) in [4.78, 5) is 0. The lowest BCUT2D eigenvalue weighted by Gasteiger charge is -2.13. The van der Waals surface area contributed by atoms with E-state index in [9.17, 15) is 5.11 Å². The Bertz CT molecular complexity index is 221. The molecule has 1 heteroatoms. The van der Waals surface area contributed by atoms with Gasteiger partial charge in [-0.15, -0.1) is 0 Å². The van der Waals surface area contributed by atoms with E-state index in [0.29, 0.717) is 0 Å². The van der Waals surface area contributed by atoms with E-state index >= 15 is 0 Å². The molecular weight excluding hydrogens is 136 g/mol. The normalized spacial score (nSPS) is 27.4. The Labute approximate surface area is 67.7 Å². The monoisotopic (exact) mass is 150 g/mol. The van der Waals surface area contributed by atoms with Gasteiger partial charge < -0.3 is 5.11 Å². The van der Waals surface area contributed by atoms with Crippen LogP contribution in [0.4, 0.5) is 0 Å². The Kier molecular flexibility index (Phi) is 2.66. The summed E-state index contributed by atoms with van der Waals surface area (Å²) >= 11 is 0. The molecule has 0 fully saturated rings. The van der Waals surface area contributed by atoms with Crippen LogP contribution in [0.3, 0.4) is 0 Å². The molecule has 0 bridgehead atoms. The van der Waals surface area contributed by atoms with Crippen LogP contribution in [0, 0.1) is 0 Å². The molecule has 1 N–H and O–H groups in total. The number of hydrogen-bond donors (Lipinski definition) is 1. The van der Waals surface area contributed by atoms with Crippen LogP contribution in [-0.2, 0) is 0 Å². The lowest BCUT2D eigenvalue weighted by atomic mass is 9.98. The van der Waals surface area contributed by atoms with E-state index in [1.54, 1.807) is 6.08 Å². The molecule has 0 radical (unpaired) electrons. The van der Waals surface area contributed by atoms with Gasteiger partial charge in [-0.05, 0) is 18.9 Å². The molecule has 1 aliphatic rings. The molecular formula is C10H14O. The summed E-state index contributed by atoms with van der Waals surface area (Å²) in [5.74, 6) is 0. The molecule has 1 nitrogen and oxygen atoms in total. The molecule has 11 heavy (non-hydrogen) atoms. The van der Waals surface area contributed by atoms with Crippen molar-refractivity contribution in [2.45, 2.75) is 26.4 Å². The molecule has 1 rings (SSSR count). The molecule has 0 aromatic heterocycles. The Morgan fingerprint density at radius 1 is 1.55 bits per heavy atom.